The van der Waals surface area contributed by atoms with E-state index in [9.17, 15) is 22.8 Å². The first kappa shape index (κ1) is 34.4. The molecule has 3 aromatic carbocycles. The van der Waals surface area contributed by atoms with Crippen LogP contribution in [-0.2, 0) is 12.7 Å². The fourth-order valence-corrected chi connectivity index (χ4v) is 5.27. The van der Waals surface area contributed by atoms with E-state index in [-0.39, 0.29) is 40.1 Å². The maximum atomic E-state index is 14.6. The number of rotatable bonds is 12. The average molecular weight is 642 g/mol. The number of halogens is 3. The Balaban J connectivity index is 1.93. The second-order valence-corrected chi connectivity index (χ2v) is 11.0. The molecule has 46 heavy (non-hydrogen) atoms. The molecule has 0 saturated heterocycles. The van der Waals surface area contributed by atoms with E-state index in [0.717, 1.165) is 24.0 Å². The number of hydrogen-bond donors (Lipinski definition) is 0. The van der Waals surface area contributed by atoms with Crippen molar-refractivity contribution in [2.24, 2.45) is 0 Å². The number of hydrogen-bond acceptors (Lipinski definition) is 8. The molecule has 8 nitrogen and oxygen atoms in total. The van der Waals surface area contributed by atoms with Crippen molar-refractivity contribution in [3.05, 3.63) is 86.3 Å². The molecule has 0 spiro atoms. The molecule has 0 radical (unpaired) electrons. The van der Waals surface area contributed by atoms with Crippen LogP contribution in [0.25, 0.3) is 11.0 Å². The third-order valence-corrected chi connectivity index (χ3v) is 7.60. The van der Waals surface area contributed by atoms with Gasteiger partial charge >= 0.3 is 12.1 Å². The molecule has 4 rings (SSSR count). The highest BCUT2D eigenvalue weighted by atomic mass is 19.4. The van der Waals surface area contributed by atoms with Crippen molar-refractivity contribution in [2.45, 2.75) is 60.2 Å². The lowest BCUT2D eigenvalue weighted by Crippen LogP contribution is -2.26. The molecule has 0 unspecified atom stereocenters. The van der Waals surface area contributed by atoms with E-state index < -0.39 is 29.1 Å². The number of methoxy groups -OCH3 is 2. The van der Waals surface area contributed by atoms with Gasteiger partial charge in [0.25, 0.3) is 5.76 Å². The Morgan fingerprint density at radius 1 is 0.870 bits per heavy atom. The van der Waals surface area contributed by atoms with Crippen LogP contribution >= 0.6 is 0 Å². The minimum absolute atomic E-state index is 0.0420. The molecule has 11 heteroatoms. The van der Waals surface area contributed by atoms with Crippen molar-refractivity contribution >= 4 is 16.9 Å². The summed E-state index contributed by atoms with van der Waals surface area (Å²) in [6.07, 6.45) is -3.56. The Kier molecular flexibility index (Phi) is 10.7. The number of alkyl halides is 3. The molecule has 0 saturated carbocycles. The molecular weight excluding hydrogens is 603 g/mol. The number of esters is 1. The van der Waals surface area contributed by atoms with Gasteiger partial charge < -0.3 is 23.4 Å². The topological polar surface area (TPSA) is 87.4 Å². The number of aryl methyl sites for hydroxylation is 2. The number of nitrogens with zero attached hydrogens (tertiary/aromatic N) is 1. The van der Waals surface area contributed by atoms with Crippen molar-refractivity contribution in [2.75, 3.05) is 27.3 Å². The number of benzene rings is 3. The predicted molar refractivity (Wildman–Crippen MR) is 169 cm³/mol. The zero-order valence-electron chi connectivity index (χ0n) is 27.0. The summed E-state index contributed by atoms with van der Waals surface area (Å²) in [6.45, 7) is 10.5. The maximum Gasteiger partial charge on any atom is 0.453 e. The molecular formula is C35H38F3NO7. The predicted octanol–water partition coefficient (Wildman–Crippen LogP) is 8.39. The summed E-state index contributed by atoms with van der Waals surface area (Å²) in [5.74, 6) is -2.57. The van der Waals surface area contributed by atoms with E-state index in [1.807, 2.05) is 24.8 Å². The van der Waals surface area contributed by atoms with E-state index in [2.05, 4.69) is 0 Å². The van der Waals surface area contributed by atoms with Crippen LogP contribution in [0.4, 0.5) is 13.2 Å². The summed E-state index contributed by atoms with van der Waals surface area (Å²) in [7, 11) is 2.88. The molecule has 246 valence electrons. The van der Waals surface area contributed by atoms with Crippen LogP contribution in [0.1, 0.15) is 65.1 Å². The first-order valence-corrected chi connectivity index (χ1v) is 14.9. The molecule has 1 aromatic heterocycles. The van der Waals surface area contributed by atoms with Gasteiger partial charge in [0.05, 0.1) is 30.7 Å². The van der Waals surface area contributed by atoms with Crippen LogP contribution < -0.4 is 24.4 Å². The molecule has 0 bridgehead atoms. The van der Waals surface area contributed by atoms with Gasteiger partial charge in [0.1, 0.15) is 17.1 Å². The first-order valence-electron chi connectivity index (χ1n) is 14.9. The Hall–Kier alpha value is -4.51. The molecule has 0 amide bonds. The van der Waals surface area contributed by atoms with E-state index in [1.54, 1.807) is 26.8 Å². The van der Waals surface area contributed by atoms with Crippen molar-refractivity contribution < 1.29 is 41.3 Å². The van der Waals surface area contributed by atoms with Crippen molar-refractivity contribution in [1.82, 2.24) is 4.90 Å². The molecule has 0 fully saturated rings. The van der Waals surface area contributed by atoms with Crippen LogP contribution in [0.2, 0.25) is 0 Å². The van der Waals surface area contributed by atoms with Crippen LogP contribution in [-0.4, -0.2) is 38.2 Å². The van der Waals surface area contributed by atoms with Gasteiger partial charge in [0, 0.05) is 6.54 Å². The summed E-state index contributed by atoms with van der Waals surface area (Å²) in [4.78, 5) is 29.1. The van der Waals surface area contributed by atoms with Gasteiger partial charge in [-0.15, -0.1) is 0 Å². The van der Waals surface area contributed by atoms with Crippen molar-refractivity contribution in [3.63, 3.8) is 0 Å². The zero-order chi connectivity index (χ0) is 33.8. The third kappa shape index (κ3) is 7.31. The average Bonchev–Trinajstić information content (AvgIpc) is 3.01. The quantitative estimate of drug-likeness (QED) is 0.113. The van der Waals surface area contributed by atoms with Crippen LogP contribution in [0.5, 0.6) is 28.7 Å². The Morgan fingerprint density at radius 2 is 1.52 bits per heavy atom. The van der Waals surface area contributed by atoms with Crippen LogP contribution in [0.3, 0.4) is 0 Å². The smallest absolute Gasteiger partial charge is 0.453 e. The van der Waals surface area contributed by atoms with E-state index in [4.69, 9.17) is 23.4 Å². The molecule has 1 heterocycles. The maximum absolute atomic E-state index is 14.6. The number of carbonyl (C=O) groups is 1. The first-order chi connectivity index (χ1) is 21.8. The summed E-state index contributed by atoms with van der Waals surface area (Å²) in [5, 5.41) is -0.140. The summed E-state index contributed by atoms with van der Waals surface area (Å²) in [6, 6.07) is 10.6. The summed E-state index contributed by atoms with van der Waals surface area (Å²) in [5.41, 5.74) is 1.06. The van der Waals surface area contributed by atoms with Gasteiger partial charge in [-0.2, -0.15) is 13.2 Å². The molecule has 0 N–H and O–H groups in total. The Bertz CT molecular complexity index is 1790. The van der Waals surface area contributed by atoms with Gasteiger partial charge in [0.2, 0.25) is 11.2 Å². The van der Waals surface area contributed by atoms with Crippen molar-refractivity contribution in [1.29, 1.82) is 0 Å². The molecule has 0 aliphatic heterocycles. The lowest BCUT2D eigenvalue weighted by Gasteiger charge is -2.23. The zero-order valence-corrected chi connectivity index (χ0v) is 27.0. The number of fused-ring (bicyclic) bond motifs is 1. The highest BCUT2D eigenvalue weighted by Gasteiger charge is 2.41. The Morgan fingerprint density at radius 3 is 2.13 bits per heavy atom. The SMILES string of the molecule is CCCN(CCC)Cc1c(OC(=O)c2ccc(OC)c(OC)c2)ccc2c(=O)c(Oc3cc(C)cc(C)c3C)c(C(F)(F)F)oc12. The largest absolute Gasteiger partial charge is 0.493 e. The van der Waals surface area contributed by atoms with Gasteiger partial charge in [-0.3, -0.25) is 9.69 Å². The minimum Gasteiger partial charge on any atom is -0.493 e. The van der Waals surface area contributed by atoms with Gasteiger partial charge in [-0.1, -0.05) is 19.9 Å². The van der Waals surface area contributed by atoms with Crippen LogP contribution in [0, 0.1) is 20.8 Å². The fourth-order valence-electron chi connectivity index (χ4n) is 5.27. The van der Waals surface area contributed by atoms with Gasteiger partial charge in [-0.05, 0) is 99.8 Å². The lowest BCUT2D eigenvalue weighted by molar-refractivity contribution is -0.154. The van der Waals surface area contributed by atoms with Gasteiger partial charge in [-0.25, -0.2) is 4.79 Å². The standard InChI is InChI=1S/C35H38F3NO7/c1-8-14-39(15-9-2)19-25-26(45-34(41)23-10-12-27(42-6)29(18-23)43-7)13-11-24-30(40)32(33(35(36,37)38)46-31(24)25)44-28-17-20(3)16-21(4)22(28)5/h10-13,16-18H,8-9,14-15,19H2,1-7H3. The van der Waals surface area contributed by atoms with Crippen LogP contribution in [0.15, 0.2) is 51.7 Å². The molecule has 4 aromatic rings. The fraction of sp³-hybridized carbons (Fsp3) is 0.371. The highest BCUT2D eigenvalue weighted by molar-refractivity contribution is 5.93. The van der Waals surface area contributed by atoms with E-state index in [1.165, 1.54) is 44.6 Å². The Labute approximate surface area is 265 Å². The molecule has 0 aliphatic carbocycles. The van der Waals surface area contributed by atoms with Gasteiger partial charge in [0.15, 0.2) is 11.5 Å². The third-order valence-electron chi connectivity index (χ3n) is 7.60. The second-order valence-electron chi connectivity index (χ2n) is 11.0. The monoisotopic (exact) mass is 641 g/mol. The minimum atomic E-state index is -5.08. The second kappa shape index (κ2) is 14.3. The van der Waals surface area contributed by atoms with Crippen molar-refractivity contribution in [3.8, 4) is 28.7 Å². The summed E-state index contributed by atoms with van der Waals surface area (Å²) >= 11 is 0. The lowest BCUT2D eigenvalue weighted by atomic mass is 10.1. The summed E-state index contributed by atoms with van der Waals surface area (Å²) < 4.78 is 71.4. The molecule has 0 aliphatic rings. The normalized spacial score (nSPS) is 11.6. The van der Waals surface area contributed by atoms with E-state index in [0.29, 0.717) is 30.2 Å². The molecule has 0 atom stereocenters. The number of ether oxygens (including phenoxy) is 4. The highest BCUT2D eigenvalue weighted by Crippen LogP contribution is 2.41. The number of carbonyl (C=O) groups excluding carboxylic acids is 1. The van der Waals surface area contributed by atoms with E-state index >= 15 is 0 Å².